The van der Waals surface area contributed by atoms with Crippen LogP contribution in [0.1, 0.15) is 43.5 Å². The minimum atomic E-state index is -0.649. The number of aryl methyl sites for hydroxylation is 1. The van der Waals surface area contributed by atoms with E-state index in [-0.39, 0.29) is 11.7 Å². The number of carbonyl (C=O) groups is 1. The van der Waals surface area contributed by atoms with E-state index >= 15 is 0 Å². The van der Waals surface area contributed by atoms with Gasteiger partial charge in [0.25, 0.3) is 0 Å². The van der Waals surface area contributed by atoms with Gasteiger partial charge < -0.3 is 9.47 Å². The minimum Gasteiger partial charge on any atom is -0.326 e. The van der Waals surface area contributed by atoms with Crippen LogP contribution >= 0.6 is 11.8 Å². The lowest BCUT2D eigenvalue weighted by Crippen LogP contribution is -2.50. The van der Waals surface area contributed by atoms with Crippen LogP contribution in [-0.2, 0) is 11.3 Å². The van der Waals surface area contributed by atoms with E-state index in [2.05, 4.69) is 28.4 Å². The summed E-state index contributed by atoms with van der Waals surface area (Å²) in [5.41, 5.74) is 0.514. The normalized spacial score (nSPS) is 15.9. The third-order valence-corrected chi connectivity index (χ3v) is 6.27. The maximum Gasteiger partial charge on any atom is 0.234 e. The van der Waals surface area contributed by atoms with E-state index in [0.717, 1.165) is 48.6 Å². The SMILES string of the molecule is Cc1nnc(SCC(=O)N(C)C2(C#N)CCCCC2)n1Cc1ccccc1. The molecule has 0 spiro atoms. The van der Waals surface area contributed by atoms with E-state index < -0.39 is 5.54 Å². The number of nitrogens with zero attached hydrogens (tertiary/aromatic N) is 5. The molecule has 0 saturated heterocycles. The molecule has 0 atom stereocenters. The second-order valence-electron chi connectivity index (χ2n) is 7.05. The highest BCUT2D eigenvalue weighted by Crippen LogP contribution is 2.33. The number of rotatable bonds is 6. The molecule has 1 aromatic carbocycles. The fraction of sp³-hybridized carbons (Fsp3) is 0.500. The van der Waals surface area contributed by atoms with Crippen LogP contribution in [-0.4, -0.2) is 43.9 Å². The Morgan fingerprint density at radius 2 is 1.96 bits per heavy atom. The molecule has 1 fully saturated rings. The van der Waals surface area contributed by atoms with Crippen LogP contribution in [0.25, 0.3) is 0 Å². The third-order valence-electron chi connectivity index (χ3n) is 5.32. The van der Waals surface area contributed by atoms with Crippen molar-refractivity contribution in [3.05, 3.63) is 41.7 Å². The fourth-order valence-corrected chi connectivity index (χ4v) is 4.43. The highest BCUT2D eigenvalue weighted by molar-refractivity contribution is 7.99. The summed E-state index contributed by atoms with van der Waals surface area (Å²) in [7, 11) is 1.76. The van der Waals surface area contributed by atoms with E-state index in [1.807, 2.05) is 29.7 Å². The first kappa shape index (κ1) is 19.4. The van der Waals surface area contributed by atoms with E-state index in [0.29, 0.717) is 6.54 Å². The van der Waals surface area contributed by atoms with Crippen LogP contribution in [0, 0.1) is 18.3 Å². The monoisotopic (exact) mass is 383 g/mol. The Labute approximate surface area is 164 Å². The molecule has 142 valence electrons. The van der Waals surface area contributed by atoms with E-state index in [1.54, 1.807) is 11.9 Å². The summed E-state index contributed by atoms with van der Waals surface area (Å²) >= 11 is 1.39. The Bertz CT molecular complexity index is 821. The van der Waals surface area contributed by atoms with Crippen molar-refractivity contribution in [1.29, 1.82) is 5.26 Å². The largest absolute Gasteiger partial charge is 0.326 e. The number of nitriles is 1. The van der Waals surface area contributed by atoms with Gasteiger partial charge in [-0.15, -0.1) is 10.2 Å². The van der Waals surface area contributed by atoms with Crippen molar-refractivity contribution in [1.82, 2.24) is 19.7 Å². The molecule has 3 rings (SSSR count). The number of benzene rings is 1. The summed E-state index contributed by atoms with van der Waals surface area (Å²) < 4.78 is 2.02. The Morgan fingerprint density at radius 3 is 2.63 bits per heavy atom. The zero-order valence-corrected chi connectivity index (χ0v) is 16.7. The lowest BCUT2D eigenvalue weighted by atomic mass is 9.81. The first-order chi connectivity index (χ1) is 13.1. The fourth-order valence-electron chi connectivity index (χ4n) is 3.54. The van der Waals surface area contributed by atoms with Gasteiger partial charge in [-0.2, -0.15) is 5.26 Å². The summed E-state index contributed by atoms with van der Waals surface area (Å²) in [5.74, 6) is 1.05. The molecule has 0 N–H and O–H groups in total. The Hall–Kier alpha value is -2.33. The number of amides is 1. The van der Waals surface area contributed by atoms with Gasteiger partial charge in [-0.1, -0.05) is 61.4 Å². The predicted octanol–water partition coefficient (Wildman–Crippen LogP) is 3.41. The third kappa shape index (κ3) is 4.33. The molecule has 2 aromatic rings. The van der Waals surface area contributed by atoms with Gasteiger partial charge >= 0.3 is 0 Å². The lowest BCUT2D eigenvalue weighted by Gasteiger charge is -2.39. The maximum atomic E-state index is 12.8. The van der Waals surface area contributed by atoms with Crippen LogP contribution in [0.2, 0.25) is 0 Å². The highest BCUT2D eigenvalue weighted by atomic mass is 32.2. The van der Waals surface area contributed by atoms with Gasteiger partial charge in [0.05, 0.1) is 18.4 Å². The van der Waals surface area contributed by atoms with Crippen LogP contribution in [0.15, 0.2) is 35.5 Å². The molecular weight excluding hydrogens is 358 g/mol. The summed E-state index contributed by atoms with van der Waals surface area (Å²) in [4.78, 5) is 14.4. The number of thioether (sulfide) groups is 1. The van der Waals surface area contributed by atoms with Crippen LogP contribution < -0.4 is 0 Å². The van der Waals surface area contributed by atoms with Crippen molar-refractivity contribution in [3.8, 4) is 6.07 Å². The Morgan fingerprint density at radius 1 is 1.26 bits per heavy atom. The molecule has 0 radical (unpaired) electrons. The molecule has 27 heavy (non-hydrogen) atoms. The zero-order chi connectivity index (χ0) is 19.3. The van der Waals surface area contributed by atoms with Gasteiger partial charge in [0, 0.05) is 7.05 Å². The highest BCUT2D eigenvalue weighted by Gasteiger charge is 2.38. The van der Waals surface area contributed by atoms with Crippen molar-refractivity contribution in [2.24, 2.45) is 0 Å². The van der Waals surface area contributed by atoms with Crippen molar-refractivity contribution in [2.45, 2.75) is 56.3 Å². The number of aromatic nitrogens is 3. The molecule has 1 aliphatic carbocycles. The molecule has 0 bridgehead atoms. The van der Waals surface area contributed by atoms with Gasteiger partial charge in [0.2, 0.25) is 5.91 Å². The Balaban J connectivity index is 1.66. The molecule has 6 nitrogen and oxygen atoms in total. The first-order valence-corrected chi connectivity index (χ1v) is 10.3. The molecule has 1 aliphatic rings. The lowest BCUT2D eigenvalue weighted by molar-refractivity contribution is -0.131. The van der Waals surface area contributed by atoms with E-state index in [9.17, 15) is 10.1 Å². The number of hydrogen-bond acceptors (Lipinski definition) is 5. The van der Waals surface area contributed by atoms with Gasteiger partial charge in [0.1, 0.15) is 11.4 Å². The topological polar surface area (TPSA) is 74.8 Å². The molecule has 1 aromatic heterocycles. The van der Waals surface area contributed by atoms with Gasteiger partial charge in [-0.25, -0.2) is 0 Å². The van der Waals surface area contributed by atoms with Crippen molar-refractivity contribution < 1.29 is 4.79 Å². The van der Waals surface area contributed by atoms with E-state index in [4.69, 9.17) is 0 Å². The number of carbonyl (C=O) groups excluding carboxylic acids is 1. The molecule has 0 aliphatic heterocycles. The summed E-state index contributed by atoms with van der Waals surface area (Å²) in [6.07, 6.45) is 4.67. The van der Waals surface area contributed by atoms with E-state index in [1.165, 1.54) is 11.8 Å². The predicted molar refractivity (Wildman–Crippen MR) is 105 cm³/mol. The molecule has 7 heteroatoms. The van der Waals surface area contributed by atoms with Gasteiger partial charge in [0.15, 0.2) is 5.16 Å². The summed E-state index contributed by atoms with van der Waals surface area (Å²) in [6, 6.07) is 12.5. The number of hydrogen-bond donors (Lipinski definition) is 0. The molecule has 0 unspecified atom stereocenters. The zero-order valence-electron chi connectivity index (χ0n) is 15.9. The van der Waals surface area contributed by atoms with Gasteiger partial charge in [-0.3, -0.25) is 4.79 Å². The quantitative estimate of drug-likeness (QED) is 0.715. The average molecular weight is 384 g/mol. The maximum absolute atomic E-state index is 12.8. The molecular formula is C20H25N5OS. The molecule has 1 amide bonds. The summed E-state index contributed by atoms with van der Waals surface area (Å²) in [6.45, 7) is 2.59. The summed E-state index contributed by atoms with van der Waals surface area (Å²) in [5, 5.41) is 18.8. The molecule has 1 saturated carbocycles. The van der Waals surface area contributed by atoms with Crippen molar-refractivity contribution >= 4 is 17.7 Å². The van der Waals surface area contributed by atoms with Gasteiger partial charge in [-0.05, 0) is 25.3 Å². The minimum absolute atomic E-state index is 0.0321. The van der Waals surface area contributed by atoms with Crippen LogP contribution in [0.4, 0.5) is 0 Å². The first-order valence-electron chi connectivity index (χ1n) is 9.30. The second kappa shape index (κ2) is 8.57. The second-order valence-corrected chi connectivity index (χ2v) is 7.99. The molecule has 1 heterocycles. The average Bonchev–Trinajstić information content (AvgIpc) is 3.06. The standard InChI is InChI=1S/C20H25N5OS/c1-16-22-23-19(25(16)13-17-9-5-3-6-10-17)27-14-18(26)24(2)20(15-21)11-7-4-8-12-20/h3,5-6,9-10H,4,7-8,11-14H2,1-2H3. The van der Waals surface area contributed by atoms with Crippen LogP contribution in [0.3, 0.4) is 0 Å². The van der Waals surface area contributed by atoms with Crippen LogP contribution in [0.5, 0.6) is 0 Å². The Kier molecular flexibility index (Phi) is 6.17. The van der Waals surface area contributed by atoms with Crippen molar-refractivity contribution in [2.75, 3.05) is 12.8 Å². The van der Waals surface area contributed by atoms with Crippen molar-refractivity contribution in [3.63, 3.8) is 0 Å². The smallest absolute Gasteiger partial charge is 0.234 e.